The summed E-state index contributed by atoms with van der Waals surface area (Å²) in [5.41, 5.74) is 6.49. The second-order valence-corrected chi connectivity index (χ2v) is 6.17. The number of anilines is 1. The van der Waals surface area contributed by atoms with E-state index in [1.54, 1.807) is 6.20 Å². The van der Waals surface area contributed by atoms with Gasteiger partial charge in [0.15, 0.2) is 0 Å². The molecule has 2 rings (SSSR count). The summed E-state index contributed by atoms with van der Waals surface area (Å²) < 4.78 is 1.78. The van der Waals surface area contributed by atoms with E-state index in [4.69, 9.17) is 10.8 Å². The van der Waals surface area contributed by atoms with Crippen LogP contribution in [0.1, 0.15) is 26.2 Å². The molecule has 6 nitrogen and oxygen atoms in total. The molecule has 1 heterocycles. The molecule has 1 aromatic rings. The van der Waals surface area contributed by atoms with Gasteiger partial charge in [-0.25, -0.2) is 4.68 Å². The van der Waals surface area contributed by atoms with Crippen molar-refractivity contribution in [2.75, 3.05) is 24.6 Å². The summed E-state index contributed by atoms with van der Waals surface area (Å²) >= 11 is 3.40. The molecular formula is C14H23BrN4O2. The Balaban J connectivity index is 2.34. The minimum atomic E-state index is -0.206. The third-order valence-electron chi connectivity index (χ3n) is 4.25. The number of rotatable bonds is 6. The van der Waals surface area contributed by atoms with E-state index in [1.807, 2.05) is 0 Å². The summed E-state index contributed by atoms with van der Waals surface area (Å²) in [5.74, 6) is 0.469. The molecule has 0 radical (unpaired) electrons. The highest BCUT2D eigenvalue weighted by Crippen LogP contribution is 2.34. The van der Waals surface area contributed by atoms with Gasteiger partial charge in [0.05, 0.1) is 25.0 Å². The number of halogens is 1. The monoisotopic (exact) mass is 358 g/mol. The van der Waals surface area contributed by atoms with Crippen molar-refractivity contribution >= 4 is 21.6 Å². The minimum Gasteiger partial charge on any atom is -0.394 e. The van der Waals surface area contributed by atoms with Crippen LogP contribution < -0.4 is 16.2 Å². The molecule has 2 atom stereocenters. The Bertz CT molecular complexity index is 534. The molecule has 3 N–H and O–H groups in total. The molecule has 21 heavy (non-hydrogen) atoms. The van der Waals surface area contributed by atoms with Crippen molar-refractivity contribution in [1.82, 2.24) is 9.78 Å². The topological polar surface area (TPSA) is 84.4 Å². The SMILES string of the molecule is CCN(c1cnn(CCO)c(=O)c1Br)C1CCCC1CN. The number of aliphatic hydroxyl groups excluding tert-OH is 1. The van der Waals surface area contributed by atoms with Crippen molar-refractivity contribution in [3.8, 4) is 0 Å². The Morgan fingerprint density at radius 2 is 2.33 bits per heavy atom. The lowest BCUT2D eigenvalue weighted by Gasteiger charge is -2.34. The summed E-state index contributed by atoms with van der Waals surface area (Å²) in [7, 11) is 0. The Morgan fingerprint density at radius 3 is 2.95 bits per heavy atom. The minimum absolute atomic E-state index is 0.103. The molecule has 0 bridgehead atoms. The molecule has 2 unspecified atom stereocenters. The summed E-state index contributed by atoms with van der Waals surface area (Å²) in [6, 6.07) is 0.367. The van der Waals surface area contributed by atoms with Crippen molar-refractivity contribution in [3.63, 3.8) is 0 Å². The molecule has 0 spiro atoms. The van der Waals surface area contributed by atoms with Gasteiger partial charge in [-0.1, -0.05) is 6.42 Å². The average molecular weight is 359 g/mol. The van der Waals surface area contributed by atoms with Gasteiger partial charge in [-0.15, -0.1) is 0 Å². The van der Waals surface area contributed by atoms with Crippen molar-refractivity contribution in [3.05, 3.63) is 21.0 Å². The third-order valence-corrected chi connectivity index (χ3v) is 5.00. The lowest BCUT2D eigenvalue weighted by Crippen LogP contribution is -2.41. The Hall–Kier alpha value is -0.920. The Kier molecular flexibility index (Phi) is 5.78. The highest BCUT2D eigenvalue weighted by Gasteiger charge is 2.32. The number of hydrogen-bond donors (Lipinski definition) is 2. The van der Waals surface area contributed by atoms with Crippen molar-refractivity contribution in [1.29, 1.82) is 0 Å². The van der Waals surface area contributed by atoms with Crippen molar-refractivity contribution < 1.29 is 5.11 Å². The van der Waals surface area contributed by atoms with Gasteiger partial charge >= 0.3 is 0 Å². The predicted octanol–water partition coefficient (Wildman–Crippen LogP) is 0.952. The highest BCUT2D eigenvalue weighted by atomic mass is 79.9. The van der Waals surface area contributed by atoms with E-state index >= 15 is 0 Å². The maximum absolute atomic E-state index is 12.3. The fraction of sp³-hybridized carbons (Fsp3) is 0.714. The number of hydrogen-bond acceptors (Lipinski definition) is 5. The Labute approximate surface area is 133 Å². The lowest BCUT2D eigenvalue weighted by molar-refractivity contribution is 0.266. The van der Waals surface area contributed by atoms with E-state index in [0.29, 0.717) is 23.0 Å². The fourth-order valence-electron chi connectivity index (χ4n) is 3.20. The van der Waals surface area contributed by atoms with Crippen LogP contribution in [-0.4, -0.2) is 40.6 Å². The number of aliphatic hydroxyl groups is 1. The standard InChI is InChI=1S/C14H23BrN4O2/c1-2-18(11-5-3-4-10(11)8-16)12-9-17-19(6-7-20)14(21)13(12)15/h9-11,20H,2-8,16H2,1H3. The molecule has 1 aliphatic carbocycles. The highest BCUT2D eigenvalue weighted by molar-refractivity contribution is 9.10. The van der Waals surface area contributed by atoms with Crippen LogP contribution in [0.15, 0.2) is 15.5 Å². The van der Waals surface area contributed by atoms with Gasteiger partial charge in [0.2, 0.25) is 0 Å². The van der Waals surface area contributed by atoms with Gasteiger partial charge in [-0.05, 0) is 48.2 Å². The predicted molar refractivity (Wildman–Crippen MR) is 86.5 cm³/mol. The quantitative estimate of drug-likeness (QED) is 0.790. The zero-order valence-corrected chi connectivity index (χ0v) is 13.9. The maximum Gasteiger partial charge on any atom is 0.283 e. The van der Waals surface area contributed by atoms with E-state index in [0.717, 1.165) is 25.1 Å². The summed E-state index contributed by atoms with van der Waals surface area (Å²) in [4.78, 5) is 14.5. The normalized spacial score (nSPS) is 21.7. The van der Waals surface area contributed by atoms with Crippen LogP contribution in [0.5, 0.6) is 0 Å². The summed E-state index contributed by atoms with van der Waals surface area (Å²) in [6.45, 7) is 3.67. The number of nitrogens with zero attached hydrogens (tertiary/aromatic N) is 3. The lowest BCUT2D eigenvalue weighted by atomic mass is 10.0. The van der Waals surface area contributed by atoms with E-state index in [9.17, 15) is 4.79 Å². The molecular weight excluding hydrogens is 336 g/mol. The zero-order valence-electron chi connectivity index (χ0n) is 12.3. The summed E-state index contributed by atoms with van der Waals surface area (Å²) in [5, 5.41) is 13.1. The van der Waals surface area contributed by atoms with Crippen LogP contribution in [0.4, 0.5) is 5.69 Å². The van der Waals surface area contributed by atoms with E-state index in [2.05, 4.69) is 32.9 Å². The van der Waals surface area contributed by atoms with Crippen LogP contribution in [-0.2, 0) is 6.54 Å². The zero-order chi connectivity index (χ0) is 15.4. The maximum atomic E-state index is 12.3. The molecule has 1 fully saturated rings. The van der Waals surface area contributed by atoms with Gasteiger partial charge in [-0.3, -0.25) is 4.79 Å². The van der Waals surface area contributed by atoms with E-state index in [-0.39, 0.29) is 18.7 Å². The van der Waals surface area contributed by atoms with E-state index < -0.39 is 0 Å². The molecule has 118 valence electrons. The second-order valence-electron chi connectivity index (χ2n) is 5.38. The first-order valence-electron chi connectivity index (χ1n) is 7.47. The largest absolute Gasteiger partial charge is 0.394 e. The van der Waals surface area contributed by atoms with Gasteiger partial charge in [-0.2, -0.15) is 5.10 Å². The second kappa shape index (κ2) is 7.38. The van der Waals surface area contributed by atoms with Crippen LogP contribution >= 0.6 is 15.9 Å². The first-order valence-corrected chi connectivity index (χ1v) is 8.26. The molecule has 1 saturated carbocycles. The van der Waals surface area contributed by atoms with Crippen molar-refractivity contribution in [2.45, 2.75) is 38.8 Å². The summed E-state index contributed by atoms with van der Waals surface area (Å²) in [6.07, 6.45) is 5.12. The number of nitrogens with two attached hydrogens (primary N) is 1. The molecule has 0 aromatic carbocycles. The molecule has 1 aliphatic rings. The number of aromatic nitrogens is 2. The molecule has 1 aromatic heterocycles. The first-order chi connectivity index (χ1) is 10.1. The van der Waals surface area contributed by atoms with E-state index in [1.165, 1.54) is 11.1 Å². The van der Waals surface area contributed by atoms with Crippen LogP contribution in [0.2, 0.25) is 0 Å². The molecule has 0 saturated heterocycles. The van der Waals surface area contributed by atoms with Crippen LogP contribution in [0, 0.1) is 5.92 Å². The Morgan fingerprint density at radius 1 is 1.57 bits per heavy atom. The van der Waals surface area contributed by atoms with Gasteiger partial charge in [0.25, 0.3) is 5.56 Å². The first kappa shape index (κ1) is 16.5. The molecule has 7 heteroatoms. The fourth-order valence-corrected chi connectivity index (χ4v) is 3.73. The molecule has 0 aliphatic heterocycles. The van der Waals surface area contributed by atoms with Gasteiger partial charge < -0.3 is 15.7 Å². The van der Waals surface area contributed by atoms with Crippen LogP contribution in [0.25, 0.3) is 0 Å². The smallest absolute Gasteiger partial charge is 0.283 e. The van der Waals surface area contributed by atoms with Crippen LogP contribution in [0.3, 0.4) is 0 Å². The van der Waals surface area contributed by atoms with Gasteiger partial charge in [0.1, 0.15) is 4.47 Å². The molecule has 0 amide bonds. The third kappa shape index (κ3) is 3.30. The van der Waals surface area contributed by atoms with Gasteiger partial charge in [0, 0.05) is 12.6 Å². The average Bonchev–Trinajstić information content (AvgIpc) is 2.95. The van der Waals surface area contributed by atoms with Crippen molar-refractivity contribution in [2.24, 2.45) is 11.7 Å².